The van der Waals surface area contributed by atoms with E-state index in [2.05, 4.69) is 21.2 Å². The molecule has 6 heteroatoms. The third-order valence-corrected chi connectivity index (χ3v) is 4.28. The normalized spacial score (nSPS) is 19.6. The maximum absolute atomic E-state index is 12.6. The van der Waals surface area contributed by atoms with E-state index in [1.807, 2.05) is 48.6 Å². The minimum atomic E-state index is -0.436. The monoisotopic (exact) mass is 388 g/mol. The molecule has 0 fully saturated rings. The van der Waals surface area contributed by atoms with Crippen LogP contribution in [-0.4, -0.2) is 36.1 Å². The molecule has 0 bridgehead atoms. The number of carbonyl (C=O) groups excluding carboxylic acids is 2. The largest absolute Gasteiger partial charge is 0.465 e. The van der Waals surface area contributed by atoms with E-state index in [4.69, 9.17) is 4.74 Å². The molecule has 1 N–H and O–H groups in total. The van der Waals surface area contributed by atoms with Crippen LogP contribution in [0, 0.1) is 0 Å². The van der Waals surface area contributed by atoms with Gasteiger partial charge >= 0.3 is 12.0 Å². The van der Waals surface area contributed by atoms with Gasteiger partial charge < -0.3 is 10.1 Å². The highest BCUT2D eigenvalue weighted by Crippen LogP contribution is 2.33. The van der Waals surface area contributed by atoms with Gasteiger partial charge in [0.2, 0.25) is 0 Å². The molecule has 5 nitrogen and oxygen atoms in total. The lowest BCUT2D eigenvalue weighted by Crippen LogP contribution is -2.51. The van der Waals surface area contributed by atoms with Crippen LogP contribution in [0.4, 0.5) is 4.79 Å². The van der Waals surface area contributed by atoms with Crippen molar-refractivity contribution in [1.82, 2.24) is 10.2 Å². The summed E-state index contributed by atoms with van der Waals surface area (Å²) in [5, 5.41) is 2.91. The number of allylic oxidation sites excluding steroid dienone is 2. The average molecular weight is 389 g/mol. The molecule has 1 aromatic rings. The summed E-state index contributed by atoms with van der Waals surface area (Å²) in [4.78, 5) is 26.0. The summed E-state index contributed by atoms with van der Waals surface area (Å²) in [6, 6.07) is 9.05. The number of fused-ring (bicyclic) bond motifs is 1. The van der Waals surface area contributed by atoms with Crippen molar-refractivity contribution in [1.29, 1.82) is 0 Å². The number of nitrogens with one attached hydrogen (secondary N) is 1. The van der Waals surface area contributed by atoms with Crippen LogP contribution < -0.4 is 5.32 Å². The first-order valence-electron chi connectivity index (χ1n) is 7.68. The van der Waals surface area contributed by atoms with E-state index in [-0.39, 0.29) is 25.2 Å². The van der Waals surface area contributed by atoms with Crippen LogP contribution in [0.1, 0.15) is 12.5 Å². The highest BCUT2D eigenvalue weighted by Gasteiger charge is 2.34. The van der Waals surface area contributed by atoms with Crippen LogP contribution in [0.3, 0.4) is 0 Å². The molecule has 0 saturated carbocycles. The second kappa shape index (κ2) is 7.05. The molecule has 0 saturated heterocycles. The fourth-order valence-electron chi connectivity index (χ4n) is 2.79. The predicted octanol–water partition coefficient (Wildman–Crippen LogP) is 3.20. The number of ether oxygens (including phenoxy) is 1. The summed E-state index contributed by atoms with van der Waals surface area (Å²) < 4.78 is 5.92. The van der Waals surface area contributed by atoms with E-state index in [1.54, 1.807) is 6.92 Å². The van der Waals surface area contributed by atoms with Gasteiger partial charge in [-0.1, -0.05) is 52.3 Å². The molecule has 1 unspecified atom stereocenters. The molecule has 124 valence electrons. The van der Waals surface area contributed by atoms with Crippen molar-refractivity contribution in [2.45, 2.75) is 13.0 Å². The van der Waals surface area contributed by atoms with Crippen molar-refractivity contribution in [2.24, 2.45) is 0 Å². The number of nitrogens with zero attached hydrogens (tertiary/aromatic N) is 1. The second-order valence-corrected chi connectivity index (χ2v) is 6.29. The molecule has 1 aliphatic carbocycles. The smallest absolute Gasteiger partial charge is 0.326 e. The molecule has 1 heterocycles. The summed E-state index contributed by atoms with van der Waals surface area (Å²) >= 11 is 3.48. The first-order valence-corrected chi connectivity index (χ1v) is 8.48. The van der Waals surface area contributed by atoms with Crippen molar-refractivity contribution < 1.29 is 14.3 Å². The van der Waals surface area contributed by atoms with Gasteiger partial charge in [0.25, 0.3) is 0 Å². The number of halogens is 1. The standard InChI is InChI=1S/C18H17BrN2O3/c1-2-24-16(22)11-21-17(12-6-4-3-5-7-12)14-10-13(19)8-9-15(14)20-18(21)23/h3-10,15H,2,11H2,1H3,(H,20,23). The zero-order valence-electron chi connectivity index (χ0n) is 13.2. The van der Waals surface area contributed by atoms with Gasteiger partial charge in [0.05, 0.1) is 18.3 Å². The number of hydrogen-bond acceptors (Lipinski definition) is 3. The van der Waals surface area contributed by atoms with Crippen molar-refractivity contribution >= 4 is 33.6 Å². The SMILES string of the molecule is CCOC(=O)CN1C(=O)NC2C=CC(Br)=CC2=C1c1ccccc1. The van der Waals surface area contributed by atoms with E-state index in [0.29, 0.717) is 0 Å². The summed E-state index contributed by atoms with van der Waals surface area (Å²) in [5.41, 5.74) is 2.53. The predicted molar refractivity (Wildman–Crippen MR) is 95.2 cm³/mol. The van der Waals surface area contributed by atoms with Gasteiger partial charge in [-0.05, 0) is 24.6 Å². The fraction of sp³-hybridized carbons (Fsp3) is 0.222. The van der Waals surface area contributed by atoms with Crippen LogP contribution in [0.15, 0.2) is 58.6 Å². The quantitative estimate of drug-likeness (QED) is 0.805. The molecule has 24 heavy (non-hydrogen) atoms. The van der Waals surface area contributed by atoms with Gasteiger partial charge in [-0.3, -0.25) is 9.69 Å². The number of rotatable bonds is 4. The third-order valence-electron chi connectivity index (χ3n) is 3.78. The van der Waals surface area contributed by atoms with Crippen LogP contribution in [0.25, 0.3) is 5.70 Å². The van der Waals surface area contributed by atoms with E-state index >= 15 is 0 Å². The Balaban J connectivity index is 2.09. The number of amides is 2. The van der Waals surface area contributed by atoms with Crippen molar-refractivity contribution in [3.63, 3.8) is 0 Å². The zero-order chi connectivity index (χ0) is 17.1. The van der Waals surface area contributed by atoms with Crippen LogP contribution >= 0.6 is 15.9 Å². The first kappa shape index (κ1) is 16.5. The van der Waals surface area contributed by atoms with Gasteiger partial charge in [0.1, 0.15) is 6.54 Å². The summed E-state index contributed by atoms with van der Waals surface area (Å²) in [7, 11) is 0. The molecule has 2 amide bonds. The van der Waals surface area contributed by atoms with Crippen molar-refractivity contribution in [3.8, 4) is 0 Å². The van der Waals surface area contributed by atoms with Gasteiger partial charge in [-0.25, -0.2) is 4.79 Å². The summed E-state index contributed by atoms with van der Waals surface area (Å²) in [6.45, 7) is 1.89. The van der Waals surface area contributed by atoms with Crippen molar-refractivity contribution in [2.75, 3.05) is 13.2 Å². The van der Waals surface area contributed by atoms with Crippen LogP contribution in [0.5, 0.6) is 0 Å². The number of hydrogen-bond donors (Lipinski definition) is 1. The molecular weight excluding hydrogens is 372 g/mol. The lowest BCUT2D eigenvalue weighted by molar-refractivity contribution is -0.143. The minimum absolute atomic E-state index is 0.130. The van der Waals surface area contributed by atoms with Gasteiger partial charge in [0, 0.05) is 10.1 Å². The van der Waals surface area contributed by atoms with Gasteiger partial charge in [0.15, 0.2) is 0 Å². The van der Waals surface area contributed by atoms with E-state index < -0.39 is 5.97 Å². The van der Waals surface area contributed by atoms with Gasteiger partial charge in [-0.2, -0.15) is 0 Å². The maximum Gasteiger partial charge on any atom is 0.326 e. The molecule has 1 aromatic carbocycles. The van der Waals surface area contributed by atoms with E-state index in [0.717, 1.165) is 21.3 Å². The first-order chi connectivity index (χ1) is 11.6. The lowest BCUT2D eigenvalue weighted by atomic mass is 9.93. The molecule has 0 radical (unpaired) electrons. The van der Waals surface area contributed by atoms with Crippen LogP contribution in [-0.2, 0) is 9.53 Å². The lowest BCUT2D eigenvalue weighted by Gasteiger charge is -2.36. The zero-order valence-corrected chi connectivity index (χ0v) is 14.7. The van der Waals surface area contributed by atoms with Crippen LogP contribution in [0.2, 0.25) is 0 Å². The molecule has 0 aromatic heterocycles. The number of benzene rings is 1. The number of esters is 1. The molecule has 0 spiro atoms. The van der Waals surface area contributed by atoms with Crippen molar-refractivity contribution in [3.05, 3.63) is 64.2 Å². The number of urea groups is 1. The Morgan fingerprint density at radius 2 is 2.08 bits per heavy atom. The Kier molecular flexibility index (Phi) is 4.85. The highest BCUT2D eigenvalue weighted by molar-refractivity contribution is 9.11. The van der Waals surface area contributed by atoms with E-state index in [9.17, 15) is 9.59 Å². The molecular formula is C18H17BrN2O3. The Morgan fingerprint density at radius 3 is 2.79 bits per heavy atom. The van der Waals surface area contributed by atoms with E-state index in [1.165, 1.54) is 4.90 Å². The summed E-state index contributed by atoms with van der Waals surface area (Å²) in [5.74, 6) is -0.436. The topological polar surface area (TPSA) is 58.6 Å². The Bertz CT molecular complexity index is 753. The average Bonchev–Trinajstić information content (AvgIpc) is 2.57. The second-order valence-electron chi connectivity index (χ2n) is 5.38. The Labute approximate surface area is 148 Å². The fourth-order valence-corrected chi connectivity index (χ4v) is 3.19. The molecule has 1 aliphatic heterocycles. The summed E-state index contributed by atoms with van der Waals surface area (Å²) in [6.07, 6.45) is 5.78. The Morgan fingerprint density at radius 1 is 1.33 bits per heavy atom. The third kappa shape index (κ3) is 3.28. The highest BCUT2D eigenvalue weighted by atomic mass is 79.9. The Hall–Kier alpha value is -2.34. The molecule has 1 atom stereocenters. The van der Waals surface area contributed by atoms with Gasteiger partial charge in [-0.15, -0.1) is 0 Å². The number of carbonyl (C=O) groups is 2. The maximum atomic E-state index is 12.6. The molecule has 3 rings (SSSR count). The minimum Gasteiger partial charge on any atom is -0.465 e. The molecule has 2 aliphatic rings.